The van der Waals surface area contributed by atoms with Gasteiger partial charge in [0.2, 0.25) is 0 Å². The first kappa shape index (κ1) is 22.5. The van der Waals surface area contributed by atoms with Crippen LogP contribution in [0.1, 0.15) is 41.5 Å². The predicted octanol–water partition coefficient (Wildman–Crippen LogP) is 5.50. The summed E-state index contributed by atoms with van der Waals surface area (Å²) < 4.78 is 0.949. The number of aryl methyl sites for hydroxylation is 2. The molecule has 6 nitrogen and oxygen atoms in total. The molecule has 0 aliphatic rings. The molecule has 0 bridgehead atoms. The number of thiophene rings is 1. The second-order valence-electron chi connectivity index (χ2n) is 7.55. The summed E-state index contributed by atoms with van der Waals surface area (Å²) in [4.78, 5) is 37.7. The smallest absolute Gasteiger partial charge is 0.269 e. The van der Waals surface area contributed by atoms with Gasteiger partial charge in [0.1, 0.15) is 4.88 Å². The number of fused-ring (bicyclic) bond motifs is 1. The van der Waals surface area contributed by atoms with E-state index in [2.05, 4.69) is 16.2 Å². The molecule has 4 rings (SSSR count). The average Bonchev–Trinajstić information content (AvgIpc) is 3.13. The number of hydrazine groups is 1. The van der Waals surface area contributed by atoms with E-state index < -0.39 is 11.8 Å². The lowest BCUT2D eigenvalue weighted by molar-refractivity contribution is 0.0846. The number of benzene rings is 3. The van der Waals surface area contributed by atoms with Gasteiger partial charge in [-0.2, -0.15) is 0 Å². The fraction of sp³-hybridized carbons (Fsp3) is 0.0800. The van der Waals surface area contributed by atoms with Gasteiger partial charge in [-0.05, 0) is 61.9 Å². The number of carbonyl (C=O) groups excluding carboxylic acids is 3. The van der Waals surface area contributed by atoms with E-state index in [0.29, 0.717) is 26.7 Å². The zero-order valence-electron chi connectivity index (χ0n) is 17.9. The molecular formula is C25H20ClN3O3S. The molecular weight excluding hydrogens is 458 g/mol. The fourth-order valence-electron chi connectivity index (χ4n) is 3.26. The highest BCUT2D eigenvalue weighted by atomic mass is 35.5. The molecule has 1 aromatic heterocycles. The van der Waals surface area contributed by atoms with Gasteiger partial charge in [0.15, 0.2) is 0 Å². The molecule has 0 radical (unpaired) electrons. The van der Waals surface area contributed by atoms with Crippen molar-refractivity contribution < 1.29 is 14.4 Å². The van der Waals surface area contributed by atoms with E-state index in [1.807, 2.05) is 38.1 Å². The molecule has 33 heavy (non-hydrogen) atoms. The molecule has 0 saturated heterocycles. The van der Waals surface area contributed by atoms with E-state index in [-0.39, 0.29) is 5.91 Å². The summed E-state index contributed by atoms with van der Waals surface area (Å²) in [6, 6.07) is 19.2. The van der Waals surface area contributed by atoms with Crippen molar-refractivity contribution in [3.8, 4) is 0 Å². The molecule has 0 atom stereocenters. The lowest BCUT2D eigenvalue weighted by atomic mass is 10.1. The summed E-state index contributed by atoms with van der Waals surface area (Å²) in [5, 5.41) is 4.07. The summed E-state index contributed by atoms with van der Waals surface area (Å²) in [7, 11) is 0. The van der Waals surface area contributed by atoms with Gasteiger partial charge in [0.25, 0.3) is 17.7 Å². The van der Waals surface area contributed by atoms with E-state index in [0.717, 1.165) is 21.2 Å². The lowest BCUT2D eigenvalue weighted by Gasteiger charge is -2.09. The Morgan fingerprint density at radius 3 is 2.12 bits per heavy atom. The monoisotopic (exact) mass is 477 g/mol. The number of amides is 3. The van der Waals surface area contributed by atoms with E-state index in [4.69, 9.17) is 11.6 Å². The largest absolute Gasteiger partial charge is 0.321 e. The van der Waals surface area contributed by atoms with Crippen LogP contribution in [0.15, 0.2) is 66.7 Å². The van der Waals surface area contributed by atoms with Crippen molar-refractivity contribution in [1.82, 2.24) is 10.9 Å². The summed E-state index contributed by atoms with van der Waals surface area (Å²) in [6.45, 7) is 3.86. The molecule has 3 amide bonds. The number of nitrogens with one attached hydrogen (secondary N) is 3. The Kier molecular flexibility index (Phi) is 6.44. The zero-order valence-corrected chi connectivity index (χ0v) is 19.4. The third kappa shape index (κ3) is 5.05. The van der Waals surface area contributed by atoms with Crippen LogP contribution in [0.3, 0.4) is 0 Å². The molecule has 0 aliphatic heterocycles. The minimum Gasteiger partial charge on any atom is -0.321 e. The van der Waals surface area contributed by atoms with Crippen molar-refractivity contribution >= 4 is 56.4 Å². The number of anilines is 1. The molecule has 0 unspecified atom stereocenters. The molecule has 1 heterocycles. The Bertz CT molecular complexity index is 1380. The van der Waals surface area contributed by atoms with Crippen LogP contribution in [0.4, 0.5) is 5.69 Å². The second kappa shape index (κ2) is 9.44. The first-order valence-corrected chi connectivity index (χ1v) is 11.3. The number of carbonyl (C=O) groups is 3. The number of halogens is 1. The van der Waals surface area contributed by atoms with Crippen molar-refractivity contribution in [2.75, 3.05) is 5.32 Å². The van der Waals surface area contributed by atoms with Gasteiger partial charge in [0, 0.05) is 26.9 Å². The van der Waals surface area contributed by atoms with Crippen LogP contribution >= 0.6 is 22.9 Å². The minimum atomic E-state index is -0.475. The molecule has 0 saturated carbocycles. The molecule has 4 aromatic rings. The van der Waals surface area contributed by atoms with Gasteiger partial charge in [-0.25, -0.2) is 0 Å². The van der Waals surface area contributed by atoms with Crippen molar-refractivity contribution in [1.29, 1.82) is 0 Å². The average molecular weight is 478 g/mol. The maximum absolute atomic E-state index is 12.7. The lowest BCUT2D eigenvalue weighted by Crippen LogP contribution is -2.41. The van der Waals surface area contributed by atoms with Crippen LogP contribution in [0, 0.1) is 13.8 Å². The Balaban J connectivity index is 1.39. The molecule has 3 aromatic carbocycles. The van der Waals surface area contributed by atoms with Gasteiger partial charge < -0.3 is 5.32 Å². The van der Waals surface area contributed by atoms with Crippen molar-refractivity contribution in [2.45, 2.75) is 13.8 Å². The first-order valence-electron chi connectivity index (χ1n) is 10.1. The van der Waals surface area contributed by atoms with Gasteiger partial charge >= 0.3 is 0 Å². The van der Waals surface area contributed by atoms with Crippen LogP contribution in [-0.4, -0.2) is 17.7 Å². The van der Waals surface area contributed by atoms with E-state index in [1.165, 1.54) is 11.3 Å². The van der Waals surface area contributed by atoms with Gasteiger partial charge in [-0.15, -0.1) is 11.3 Å². The Labute approximate surface area is 199 Å². The summed E-state index contributed by atoms with van der Waals surface area (Å²) >= 11 is 7.75. The number of rotatable bonds is 4. The highest BCUT2D eigenvalue weighted by Gasteiger charge is 2.17. The highest BCUT2D eigenvalue weighted by Crippen LogP contribution is 2.36. The molecule has 8 heteroatoms. The third-order valence-electron chi connectivity index (χ3n) is 4.97. The predicted molar refractivity (Wildman–Crippen MR) is 132 cm³/mol. The van der Waals surface area contributed by atoms with Crippen LogP contribution in [-0.2, 0) is 0 Å². The van der Waals surface area contributed by atoms with E-state index in [1.54, 1.807) is 42.5 Å². The fourth-order valence-corrected chi connectivity index (χ4v) is 4.77. The normalized spacial score (nSPS) is 10.6. The molecule has 166 valence electrons. The quantitative estimate of drug-likeness (QED) is 0.339. The van der Waals surface area contributed by atoms with Gasteiger partial charge in [-0.1, -0.05) is 41.4 Å². The second-order valence-corrected chi connectivity index (χ2v) is 8.98. The van der Waals surface area contributed by atoms with Crippen molar-refractivity contribution in [3.63, 3.8) is 0 Å². The minimum absolute atomic E-state index is 0.318. The molecule has 0 spiro atoms. The summed E-state index contributed by atoms with van der Waals surface area (Å²) in [5.41, 5.74) is 8.11. The Morgan fingerprint density at radius 1 is 0.758 bits per heavy atom. The molecule has 3 N–H and O–H groups in total. The zero-order chi connectivity index (χ0) is 23.5. The maximum Gasteiger partial charge on any atom is 0.269 e. The Hall–Kier alpha value is -3.68. The van der Waals surface area contributed by atoms with E-state index in [9.17, 15) is 14.4 Å². The van der Waals surface area contributed by atoms with Crippen LogP contribution in [0.25, 0.3) is 10.1 Å². The van der Waals surface area contributed by atoms with Crippen LogP contribution < -0.4 is 16.2 Å². The maximum atomic E-state index is 12.7. The Morgan fingerprint density at radius 2 is 1.42 bits per heavy atom. The summed E-state index contributed by atoms with van der Waals surface area (Å²) in [5.74, 6) is -1.20. The van der Waals surface area contributed by atoms with Gasteiger partial charge in [-0.3, -0.25) is 25.2 Å². The topological polar surface area (TPSA) is 87.3 Å². The van der Waals surface area contributed by atoms with Crippen molar-refractivity contribution in [3.05, 3.63) is 98.9 Å². The standard InChI is InChI=1S/C25H20ClN3O3S/c1-14-4-3-5-17(12-14)24(31)29-28-23(30)16-7-9-18(10-8-16)27-25(32)22-21(26)19-11-6-15(2)13-20(19)33-22/h3-13H,1-2H3,(H,27,32)(H,28,30)(H,29,31). The van der Waals surface area contributed by atoms with E-state index >= 15 is 0 Å². The SMILES string of the molecule is Cc1cccc(C(=O)NNC(=O)c2ccc(NC(=O)c3sc4cc(C)ccc4c3Cl)cc2)c1. The highest BCUT2D eigenvalue weighted by molar-refractivity contribution is 7.21. The van der Waals surface area contributed by atoms with Gasteiger partial charge in [0.05, 0.1) is 5.02 Å². The number of hydrogen-bond donors (Lipinski definition) is 3. The summed E-state index contributed by atoms with van der Waals surface area (Å²) in [6.07, 6.45) is 0. The van der Waals surface area contributed by atoms with Crippen molar-refractivity contribution in [2.24, 2.45) is 0 Å². The first-order chi connectivity index (χ1) is 15.8. The third-order valence-corrected chi connectivity index (χ3v) is 6.62. The molecule has 0 fully saturated rings. The van der Waals surface area contributed by atoms with Crippen LogP contribution in [0.5, 0.6) is 0 Å². The molecule has 0 aliphatic carbocycles. The number of hydrogen-bond acceptors (Lipinski definition) is 4. The van der Waals surface area contributed by atoms with Crippen LogP contribution in [0.2, 0.25) is 5.02 Å².